The van der Waals surface area contributed by atoms with Gasteiger partial charge in [-0.15, -0.1) is 5.10 Å². The van der Waals surface area contributed by atoms with Crippen molar-refractivity contribution in [3.63, 3.8) is 0 Å². The average Bonchev–Trinajstić information content (AvgIpc) is 2.94. The van der Waals surface area contributed by atoms with E-state index in [2.05, 4.69) is 20.5 Å². The van der Waals surface area contributed by atoms with E-state index in [1.165, 1.54) is 23.9 Å². The standard InChI is InChI=1S/C11H11N5O5S2/c1-22-11-13-9(14-15-11)12-10(19)16-23(20,21)7-5-3-2-4-6(7)8(17)18/h2-5H,1H3,(H,17,18)(H3,12,13,14,15,16,19). The topological polar surface area (TPSA) is 154 Å². The van der Waals surface area contributed by atoms with Crippen LogP contribution < -0.4 is 10.0 Å². The second-order valence-corrected chi connectivity index (χ2v) is 6.46. The minimum absolute atomic E-state index is 0.0476. The molecule has 2 rings (SSSR count). The van der Waals surface area contributed by atoms with Crippen molar-refractivity contribution in [1.82, 2.24) is 19.9 Å². The minimum Gasteiger partial charge on any atom is -0.478 e. The first-order valence-corrected chi connectivity index (χ1v) is 8.67. The number of hydrogen-bond donors (Lipinski definition) is 4. The molecule has 0 aliphatic carbocycles. The lowest BCUT2D eigenvalue weighted by atomic mass is 10.2. The van der Waals surface area contributed by atoms with Crippen LogP contribution in [0.5, 0.6) is 0 Å². The van der Waals surface area contributed by atoms with Gasteiger partial charge in [-0.25, -0.2) is 27.8 Å². The maximum absolute atomic E-state index is 12.1. The summed E-state index contributed by atoms with van der Waals surface area (Å²) >= 11 is 1.22. The van der Waals surface area contributed by atoms with Crippen LogP contribution in [-0.2, 0) is 10.0 Å². The number of nitrogens with one attached hydrogen (secondary N) is 3. The molecule has 0 bridgehead atoms. The Morgan fingerprint density at radius 3 is 2.61 bits per heavy atom. The van der Waals surface area contributed by atoms with Crippen LogP contribution in [0, 0.1) is 0 Å². The summed E-state index contributed by atoms with van der Waals surface area (Å²) in [6.07, 6.45) is 1.72. The molecule has 2 aromatic rings. The van der Waals surface area contributed by atoms with Gasteiger partial charge in [-0.2, -0.15) is 4.98 Å². The molecule has 12 heteroatoms. The van der Waals surface area contributed by atoms with Gasteiger partial charge < -0.3 is 5.11 Å². The zero-order valence-corrected chi connectivity index (χ0v) is 13.2. The van der Waals surface area contributed by atoms with Crippen LogP contribution >= 0.6 is 11.8 Å². The summed E-state index contributed by atoms with van der Waals surface area (Å²) in [6, 6.07) is 3.82. The Bertz CT molecular complexity index is 848. The fourth-order valence-corrected chi connectivity index (χ4v) is 3.01. The number of carboxylic acids is 1. The largest absolute Gasteiger partial charge is 0.478 e. The van der Waals surface area contributed by atoms with Crippen LogP contribution in [0.4, 0.5) is 10.7 Å². The highest BCUT2D eigenvalue weighted by atomic mass is 32.2. The third kappa shape index (κ3) is 3.98. The van der Waals surface area contributed by atoms with Crippen molar-refractivity contribution in [2.45, 2.75) is 10.1 Å². The highest BCUT2D eigenvalue weighted by molar-refractivity contribution is 7.98. The van der Waals surface area contributed by atoms with Crippen molar-refractivity contribution in [2.24, 2.45) is 0 Å². The van der Waals surface area contributed by atoms with E-state index < -0.39 is 32.5 Å². The lowest BCUT2D eigenvalue weighted by Crippen LogP contribution is -2.35. The molecule has 10 nitrogen and oxygen atoms in total. The van der Waals surface area contributed by atoms with E-state index in [9.17, 15) is 18.0 Å². The van der Waals surface area contributed by atoms with Gasteiger partial charge in [0.2, 0.25) is 11.1 Å². The van der Waals surface area contributed by atoms with E-state index >= 15 is 0 Å². The number of carbonyl (C=O) groups excluding carboxylic acids is 1. The molecule has 2 amide bonds. The molecule has 1 aromatic carbocycles. The molecule has 1 heterocycles. The highest BCUT2D eigenvalue weighted by Gasteiger charge is 2.24. The summed E-state index contributed by atoms with van der Waals surface area (Å²) in [6.45, 7) is 0. The number of H-pyrrole nitrogens is 1. The molecule has 0 atom stereocenters. The maximum atomic E-state index is 12.1. The Hall–Kier alpha value is -2.60. The number of hydrogen-bond acceptors (Lipinski definition) is 7. The minimum atomic E-state index is -4.36. The zero-order chi connectivity index (χ0) is 17.0. The van der Waals surface area contributed by atoms with Crippen LogP contribution in [0.3, 0.4) is 0 Å². The van der Waals surface area contributed by atoms with E-state index in [0.717, 1.165) is 12.1 Å². The number of aromatic carboxylic acids is 1. The highest BCUT2D eigenvalue weighted by Crippen LogP contribution is 2.15. The van der Waals surface area contributed by atoms with Crippen LogP contribution in [0.2, 0.25) is 0 Å². The quantitative estimate of drug-likeness (QED) is 0.571. The number of aromatic nitrogens is 3. The SMILES string of the molecule is CSc1n[nH]c(NC(=O)NS(=O)(=O)c2ccccc2C(=O)O)n1. The summed E-state index contributed by atoms with van der Waals surface area (Å²) in [4.78, 5) is 26.1. The van der Waals surface area contributed by atoms with E-state index in [4.69, 9.17) is 5.11 Å². The summed E-state index contributed by atoms with van der Waals surface area (Å²) in [7, 11) is -4.36. The van der Waals surface area contributed by atoms with Gasteiger partial charge in [-0.3, -0.25) is 5.32 Å². The van der Waals surface area contributed by atoms with Crippen molar-refractivity contribution in [3.05, 3.63) is 29.8 Å². The number of benzene rings is 1. The maximum Gasteiger partial charge on any atom is 0.337 e. The first-order chi connectivity index (χ1) is 10.8. The van der Waals surface area contributed by atoms with Gasteiger partial charge >= 0.3 is 12.0 Å². The van der Waals surface area contributed by atoms with Gasteiger partial charge in [-0.1, -0.05) is 23.9 Å². The van der Waals surface area contributed by atoms with Gasteiger partial charge in [0.25, 0.3) is 10.0 Å². The number of carbonyl (C=O) groups is 2. The number of aromatic amines is 1. The summed E-state index contributed by atoms with van der Waals surface area (Å²) in [5.41, 5.74) is -0.447. The molecule has 0 saturated heterocycles. The number of anilines is 1. The molecule has 0 fully saturated rings. The molecule has 1 aromatic heterocycles. The van der Waals surface area contributed by atoms with Crippen LogP contribution in [0.15, 0.2) is 34.3 Å². The number of rotatable bonds is 5. The molecule has 23 heavy (non-hydrogen) atoms. The fourth-order valence-electron chi connectivity index (χ4n) is 1.58. The molecular weight excluding hydrogens is 346 g/mol. The van der Waals surface area contributed by atoms with E-state index in [1.807, 2.05) is 0 Å². The van der Waals surface area contributed by atoms with Gasteiger partial charge in [0.05, 0.1) is 5.56 Å². The van der Waals surface area contributed by atoms with Gasteiger partial charge in [-0.05, 0) is 18.4 Å². The third-order valence-electron chi connectivity index (χ3n) is 2.51. The van der Waals surface area contributed by atoms with Crippen LogP contribution in [-0.4, -0.2) is 47.0 Å². The lowest BCUT2D eigenvalue weighted by Gasteiger charge is -2.09. The summed E-state index contributed by atoms with van der Waals surface area (Å²) in [5.74, 6) is -1.47. The van der Waals surface area contributed by atoms with E-state index in [1.54, 1.807) is 11.0 Å². The van der Waals surface area contributed by atoms with Crippen LogP contribution in [0.1, 0.15) is 10.4 Å². The Labute approximate surface area is 134 Å². The smallest absolute Gasteiger partial charge is 0.337 e. The number of sulfonamides is 1. The molecule has 0 spiro atoms. The Morgan fingerprint density at radius 1 is 1.30 bits per heavy atom. The first-order valence-electron chi connectivity index (χ1n) is 5.96. The van der Waals surface area contributed by atoms with Crippen molar-refractivity contribution in [3.8, 4) is 0 Å². The summed E-state index contributed by atoms with van der Waals surface area (Å²) < 4.78 is 26.0. The number of urea groups is 1. The first kappa shape index (κ1) is 16.8. The number of carboxylic acid groups (broad SMARTS) is 1. The van der Waals surface area contributed by atoms with Gasteiger partial charge in [0.1, 0.15) is 4.90 Å². The zero-order valence-electron chi connectivity index (χ0n) is 11.6. The van der Waals surface area contributed by atoms with E-state index in [0.29, 0.717) is 5.16 Å². The molecule has 4 N–H and O–H groups in total. The van der Waals surface area contributed by atoms with Crippen molar-refractivity contribution in [2.75, 3.05) is 11.6 Å². The van der Waals surface area contributed by atoms with Crippen molar-refractivity contribution in [1.29, 1.82) is 0 Å². The lowest BCUT2D eigenvalue weighted by molar-refractivity contribution is 0.0692. The number of amides is 2. The number of nitrogens with zero attached hydrogens (tertiary/aromatic N) is 2. The average molecular weight is 357 g/mol. The molecule has 0 unspecified atom stereocenters. The molecule has 0 aliphatic heterocycles. The molecule has 0 aliphatic rings. The summed E-state index contributed by atoms with van der Waals surface area (Å²) in [5, 5.41) is 17.7. The number of thioether (sulfide) groups is 1. The second-order valence-electron chi connectivity index (χ2n) is 4.03. The predicted octanol–water partition coefficient (Wildman–Crippen LogP) is 0.735. The Balaban J connectivity index is 2.18. The normalized spacial score (nSPS) is 11.0. The Morgan fingerprint density at radius 2 is 2.00 bits per heavy atom. The molecule has 122 valence electrons. The van der Waals surface area contributed by atoms with Gasteiger partial charge in [0.15, 0.2) is 0 Å². The monoisotopic (exact) mass is 357 g/mol. The predicted molar refractivity (Wildman–Crippen MR) is 80.9 cm³/mol. The van der Waals surface area contributed by atoms with Gasteiger partial charge in [0, 0.05) is 0 Å². The fraction of sp³-hybridized carbons (Fsp3) is 0.0909. The Kier molecular flexibility index (Phi) is 4.86. The van der Waals surface area contributed by atoms with E-state index in [-0.39, 0.29) is 5.95 Å². The molecule has 0 saturated carbocycles. The van der Waals surface area contributed by atoms with Crippen molar-refractivity contribution >= 4 is 39.7 Å². The molecule has 0 radical (unpaired) electrons. The second kappa shape index (κ2) is 6.66. The molecular formula is C11H11N5O5S2. The van der Waals surface area contributed by atoms with Crippen molar-refractivity contribution < 1.29 is 23.1 Å². The van der Waals surface area contributed by atoms with Crippen LogP contribution in [0.25, 0.3) is 0 Å². The third-order valence-corrected chi connectivity index (χ3v) is 4.45.